The quantitative estimate of drug-likeness (QED) is 0.610. The van der Waals surface area contributed by atoms with E-state index in [2.05, 4.69) is 9.97 Å². The van der Waals surface area contributed by atoms with Crippen LogP contribution in [0.25, 0.3) is 0 Å². The van der Waals surface area contributed by atoms with Crippen molar-refractivity contribution in [3.8, 4) is 5.75 Å². The number of hydrogen-bond donors (Lipinski definition) is 0. The zero-order chi connectivity index (χ0) is 17.8. The molecule has 1 aliphatic rings. The Morgan fingerprint density at radius 3 is 2.60 bits per heavy atom. The first kappa shape index (κ1) is 16.6. The number of methoxy groups -OCH3 is 1. The van der Waals surface area contributed by atoms with Gasteiger partial charge in [-0.15, -0.1) is 0 Å². The SMILES string of the molecule is COc1ccc([N+](=O)[O-])cc1C(=O)N1CCN(c2cnccn2)CC1. The first-order chi connectivity index (χ1) is 12.1. The van der Waals surface area contributed by atoms with Crippen LogP contribution in [-0.4, -0.2) is 59.0 Å². The summed E-state index contributed by atoms with van der Waals surface area (Å²) in [5.74, 6) is 0.814. The highest BCUT2D eigenvalue weighted by Crippen LogP contribution is 2.26. The third kappa shape index (κ3) is 3.49. The number of piperazine rings is 1. The summed E-state index contributed by atoms with van der Waals surface area (Å²) in [4.78, 5) is 35.2. The van der Waals surface area contributed by atoms with Crippen molar-refractivity contribution in [2.45, 2.75) is 0 Å². The summed E-state index contributed by atoms with van der Waals surface area (Å²) in [7, 11) is 1.43. The van der Waals surface area contributed by atoms with Gasteiger partial charge in [0, 0.05) is 50.7 Å². The van der Waals surface area contributed by atoms with Crippen molar-refractivity contribution in [2.24, 2.45) is 0 Å². The average Bonchev–Trinajstić information content (AvgIpc) is 2.67. The van der Waals surface area contributed by atoms with Crippen LogP contribution in [0.1, 0.15) is 10.4 Å². The Balaban J connectivity index is 1.74. The molecule has 0 aliphatic carbocycles. The summed E-state index contributed by atoms with van der Waals surface area (Å²) in [6.45, 7) is 2.20. The molecule has 9 heteroatoms. The molecule has 1 aliphatic heterocycles. The van der Waals surface area contributed by atoms with Crippen LogP contribution in [-0.2, 0) is 0 Å². The van der Waals surface area contributed by atoms with Crippen molar-refractivity contribution in [3.05, 3.63) is 52.5 Å². The maximum Gasteiger partial charge on any atom is 0.270 e. The molecule has 0 spiro atoms. The Morgan fingerprint density at radius 1 is 1.24 bits per heavy atom. The van der Waals surface area contributed by atoms with Crippen molar-refractivity contribution >= 4 is 17.4 Å². The minimum atomic E-state index is -0.526. The number of nitro groups is 1. The minimum Gasteiger partial charge on any atom is -0.496 e. The number of nitrogens with zero attached hydrogens (tertiary/aromatic N) is 5. The van der Waals surface area contributed by atoms with E-state index in [1.54, 1.807) is 23.5 Å². The molecule has 0 N–H and O–H groups in total. The lowest BCUT2D eigenvalue weighted by atomic mass is 10.1. The molecule has 0 unspecified atom stereocenters. The fraction of sp³-hybridized carbons (Fsp3) is 0.312. The van der Waals surface area contributed by atoms with Crippen molar-refractivity contribution in [3.63, 3.8) is 0 Å². The smallest absolute Gasteiger partial charge is 0.270 e. The number of rotatable bonds is 4. The van der Waals surface area contributed by atoms with Crippen molar-refractivity contribution in [2.75, 3.05) is 38.2 Å². The monoisotopic (exact) mass is 343 g/mol. The van der Waals surface area contributed by atoms with Gasteiger partial charge in [-0.1, -0.05) is 0 Å². The zero-order valence-corrected chi connectivity index (χ0v) is 13.7. The summed E-state index contributed by atoms with van der Waals surface area (Å²) < 4.78 is 5.18. The molecule has 1 saturated heterocycles. The Labute approximate surface area is 144 Å². The van der Waals surface area contributed by atoms with Crippen LogP contribution in [0.3, 0.4) is 0 Å². The summed E-state index contributed by atoms with van der Waals surface area (Å²) in [5, 5.41) is 11.0. The number of carbonyl (C=O) groups excluding carboxylic acids is 1. The maximum absolute atomic E-state index is 12.8. The molecule has 1 aromatic carbocycles. The molecule has 1 amide bonds. The average molecular weight is 343 g/mol. The molecule has 130 valence electrons. The van der Waals surface area contributed by atoms with Gasteiger partial charge < -0.3 is 14.5 Å². The maximum atomic E-state index is 12.8. The summed E-state index contributed by atoms with van der Waals surface area (Å²) in [5.41, 5.74) is 0.0620. The number of hydrogen-bond acceptors (Lipinski definition) is 7. The van der Waals surface area contributed by atoms with Crippen LogP contribution in [0.15, 0.2) is 36.8 Å². The number of nitro benzene ring substituents is 1. The molecule has 0 radical (unpaired) electrons. The predicted molar refractivity (Wildman–Crippen MR) is 89.8 cm³/mol. The van der Waals surface area contributed by atoms with Crippen LogP contribution < -0.4 is 9.64 Å². The second-order valence-electron chi connectivity index (χ2n) is 5.48. The van der Waals surface area contributed by atoms with Crippen LogP contribution in [0.5, 0.6) is 5.75 Å². The molecule has 25 heavy (non-hydrogen) atoms. The van der Waals surface area contributed by atoms with Gasteiger partial charge in [-0.25, -0.2) is 4.98 Å². The molecule has 9 nitrogen and oxygen atoms in total. The van der Waals surface area contributed by atoms with E-state index in [0.29, 0.717) is 31.9 Å². The van der Waals surface area contributed by atoms with Crippen molar-refractivity contribution in [1.29, 1.82) is 0 Å². The number of amides is 1. The summed E-state index contributed by atoms with van der Waals surface area (Å²) in [6.07, 6.45) is 4.92. The van der Waals surface area contributed by atoms with Crippen LogP contribution in [0.2, 0.25) is 0 Å². The van der Waals surface area contributed by atoms with Gasteiger partial charge in [0.1, 0.15) is 11.6 Å². The molecule has 3 rings (SSSR count). The first-order valence-electron chi connectivity index (χ1n) is 7.73. The number of ether oxygens (including phenoxy) is 1. The number of non-ortho nitro benzene ring substituents is 1. The topological polar surface area (TPSA) is 102 Å². The third-order valence-corrected chi connectivity index (χ3v) is 4.06. The zero-order valence-electron chi connectivity index (χ0n) is 13.7. The van der Waals surface area contributed by atoms with E-state index >= 15 is 0 Å². The Bertz CT molecular complexity index is 775. The van der Waals surface area contributed by atoms with Gasteiger partial charge in [-0.2, -0.15) is 0 Å². The van der Waals surface area contributed by atoms with Gasteiger partial charge in [0.05, 0.1) is 23.8 Å². The standard InChI is InChI=1S/C16H17N5O4/c1-25-14-3-2-12(21(23)24)10-13(14)16(22)20-8-6-19(7-9-20)15-11-17-4-5-18-15/h2-5,10-11H,6-9H2,1H3. The van der Waals surface area contributed by atoms with E-state index in [9.17, 15) is 14.9 Å². The van der Waals surface area contributed by atoms with Gasteiger partial charge in [0.2, 0.25) is 0 Å². The number of carbonyl (C=O) groups is 1. The largest absolute Gasteiger partial charge is 0.496 e. The second kappa shape index (κ2) is 7.12. The Hall–Kier alpha value is -3.23. The Morgan fingerprint density at radius 2 is 2.00 bits per heavy atom. The molecular weight excluding hydrogens is 326 g/mol. The number of aromatic nitrogens is 2. The molecule has 2 aromatic rings. The van der Waals surface area contributed by atoms with Gasteiger partial charge in [-0.3, -0.25) is 19.9 Å². The lowest BCUT2D eigenvalue weighted by molar-refractivity contribution is -0.384. The van der Waals surface area contributed by atoms with Gasteiger partial charge >= 0.3 is 0 Å². The van der Waals surface area contributed by atoms with Crippen molar-refractivity contribution < 1.29 is 14.5 Å². The molecule has 0 atom stereocenters. The molecule has 0 bridgehead atoms. The van der Waals surface area contributed by atoms with Gasteiger partial charge in [0.25, 0.3) is 11.6 Å². The lowest BCUT2D eigenvalue weighted by Crippen LogP contribution is -2.49. The fourth-order valence-corrected chi connectivity index (χ4v) is 2.74. The fourth-order valence-electron chi connectivity index (χ4n) is 2.74. The van der Waals surface area contributed by atoms with Crippen LogP contribution >= 0.6 is 0 Å². The molecule has 1 aromatic heterocycles. The Kier molecular flexibility index (Phi) is 4.73. The normalized spacial score (nSPS) is 14.3. The third-order valence-electron chi connectivity index (χ3n) is 4.06. The molecular formula is C16H17N5O4. The molecule has 1 fully saturated rings. The summed E-state index contributed by atoms with van der Waals surface area (Å²) >= 11 is 0. The van der Waals surface area contributed by atoms with Crippen LogP contribution in [0, 0.1) is 10.1 Å². The minimum absolute atomic E-state index is 0.137. The lowest BCUT2D eigenvalue weighted by Gasteiger charge is -2.35. The highest BCUT2D eigenvalue weighted by atomic mass is 16.6. The molecule has 0 saturated carbocycles. The van der Waals surface area contributed by atoms with Gasteiger partial charge in [0.15, 0.2) is 0 Å². The number of benzene rings is 1. The highest BCUT2D eigenvalue weighted by Gasteiger charge is 2.26. The van der Waals surface area contributed by atoms with E-state index in [0.717, 1.165) is 5.82 Å². The van der Waals surface area contributed by atoms with E-state index in [4.69, 9.17) is 4.74 Å². The number of anilines is 1. The summed E-state index contributed by atoms with van der Waals surface area (Å²) in [6, 6.07) is 4.03. The van der Waals surface area contributed by atoms with Gasteiger partial charge in [-0.05, 0) is 6.07 Å². The van der Waals surface area contributed by atoms with Crippen molar-refractivity contribution in [1.82, 2.24) is 14.9 Å². The van der Waals surface area contributed by atoms with E-state index in [1.807, 2.05) is 4.90 Å². The van der Waals surface area contributed by atoms with E-state index in [1.165, 1.54) is 25.3 Å². The molecule has 2 heterocycles. The van der Waals surface area contributed by atoms with E-state index in [-0.39, 0.29) is 17.2 Å². The second-order valence-corrected chi connectivity index (χ2v) is 5.48. The predicted octanol–water partition coefficient (Wildman–Crippen LogP) is 1.36. The van der Waals surface area contributed by atoms with Crippen LogP contribution in [0.4, 0.5) is 11.5 Å². The van der Waals surface area contributed by atoms with E-state index < -0.39 is 4.92 Å². The highest BCUT2D eigenvalue weighted by molar-refractivity contribution is 5.97. The first-order valence-corrected chi connectivity index (χ1v) is 7.73.